The maximum atomic E-state index is 13.5. The molecule has 0 spiro atoms. The molecule has 2 aromatic heterocycles. The minimum atomic E-state index is -4.42. The molecule has 132 valence electrons. The number of rotatable bonds is 2. The third kappa shape index (κ3) is 2.85. The summed E-state index contributed by atoms with van der Waals surface area (Å²) in [5.41, 5.74) is 0.282. The molecule has 0 N–H and O–H groups in total. The number of hydrogen-bond donors (Lipinski definition) is 0. The lowest BCUT2D eigenvalue weighted by Crippen LogP contribution is -2.36. The summed E-state index contributed by atoms with van der Waals surface area (Å²) in [5, 5.41) is 5.76. The summed E-state index contributed by atoms with van der Waals surface area (Å²) in [5.74, 6) is 0. The molecule has 3 aromatic rings. The zero-order valence-electron chi connectivity index (χ0n) is 14.0. The van der Waals surface area contributed by atoms with Gasteiger partial charge in [0.1, 0.15) is 5.00 Å². The van der Waals surface area contributed by atoms with Crippen LogP contribution in [-0.4, -0.2) is 27.3 Å². The van der Waals surface area contributed by atoms with Crippen molar-refractivity contribution in [1.29, 1.82) is 0 Å². The Balaban J connectivity index is 1.88. The molecule has 0 saturated heterocycles. The molecule has 0 amide bonds. The molecule has 1 aliphatic rings. The summed E-state index contributed by atoms with van der Waals surface area (Å²) in [6, 6.07) is 10.0. The number of halogens is 3. The molecule has 0 saturated carbocycles. The maximum absolute atomic E-state index is 13.5. The zero-order valence-corrected chi connectivity index (χ0v) is 14.8. The highest BCUT2D eigenvalue weighted by atomic mass is 32.1. The van der Waals surface area contributed by atoms with Crippen LogP contribution in [0.3, 0.4) is 0 Å². The Kier molecular flexibility index (Phi) is 3.88. The van der Waals surface area contributed by atoms with Crippen LogP contribution in [0.4, 0.5) is 13.2 Å². The largest absolute Gasteiger partial charge is 0.435 e. The van der Waals surface area contributed by atoms with Gasteiger partial charge in [0, 0.05) is 29.4 Å². The van der Waals surface area contributed by atoms with E-state index in [2.05, 4.69) is 23.8 Å². The fraction of sp³-hybridized carbons (Fsp3) is 0.389. The number of nitrogens with zero attached hydrogens (tertiary/aromatic N) is 3. The van der Waals surface area contributed by atoms with Gasteiger partial charge >= 0.3 is 6.18 Å². The van der Waals surface area contributed by atoms with E-state index in [-0.39, 0.29) is 6.04 Å². The van der Waals surface area contributed by atoms with Crippen molar-refractivity contribution in [2.45, 2.75) is 39.0 Å². The lowest BCUT2D eigenvalue weighted by Gasteiger charge is -2.31. The molecule has 3 heterocycles. The Morgan fingerprint density at radius 3 is 2.64 bits per heavy atom. The van der Waals surface area contributed by atoms with E-state index in [0.717, 1.165) is 15.1 Å². The van der Waals surface area contributed by atoms with E-state index in [0.29, 0.717) is 30.8 Å². The minimum absolute atomic E-state index is 0.285. The van der Waals surface area contributed by atoms with E-state index in [1.807, 2.05) is 30.3 Å². The average Bonchev–Trinajstić information content (AvgIpc) is 3.14. The zero-order chi connectivity index (χ0) is 17.8. The van der Waals surface area contributed by atoms with E-state index in [1.165, 1.54) is 16.0 Å². The molecular formula is C18H18F3N3S. The van der Waals surface area contributed by atoms with Crippen LogP contribution in [-0.2, 0) is 19.1 Å². The van der Waals surface area contributed by atoms with Crippen LogP contribution in [0.25, 0.3) is 15.1 Å². The third-order valence-corrected chi connectivity index (χ3v) is 5.80. The molecule has 1 aliphatic heterocycles. The van der Waals surface area contributed by atoms with E-state index in [1.54, 1.807) is 0 Å². The van der Waals surface area contributed by atoms with Crippen molar-refractivity contribution in [3.63, 3.8) is 0 Å². The van der Waals surface area contributed by atoms with Gasteiger partial charge in [-0.3, -0.25) is 4.90 Å². The number of thiophene rings is 1. The van der Waals surface area contributed by atoms with Crippen LogP contribution in [0.15, 0.2) is 30.3 Å². The lowest BCUT2D eigenvalue weighted by molar-refractivity contribution is -0.142. The minimum Gasteiger partial charge on any atom is -0.295 e. The first-order valence-electron chi connectivity index (χ1n) is 8.25. The van der Waals surface area contributed by atoms with Crippen LogP contribution in [0, 0.1) is 0 Å². The highest BCUT2D eigenvalue weighted by Crippen LogP contribution is 2.38. The Bertz CT molecular complexity index is 890. The molecule has 0 aliphatic carbocycles. The molecule has 4 rings (SSSR count). The quantitative estimate of drug-likeness (QED) is 0.646. The van der Waals surface area contributed by atoms with Crippen LogP contribution in [0.2, 0.25) is 0 Å². The van der Waals surface area contributed by atoms with Crippen molar-refractivity contribution in [2.24, 2.45) is 0 Å². The summed E-state index contributed by atoms with van der Waals surface area (Å²) in [4.78, 5) is 2.19. The standard InChI is InChI=1S/C18H18F3N3S/c1-11(2)23-8-7-13-14(10-23)24(22-17(13)18(19,20)21)16-9-12-5-3-4-6-15(12)25-16/h3-6,9,11H,7-8,10H2,1-2H3. The van der Waals surface area contributed by atoms with Gasteiger partial charge in [0.2, 0.25) is 0 Å². The molecule has 0 bridgehead atoms. The van der Waals surface area contributed by atoms with Crippen molar-refractivity contribution in [1.82, 2.24) is 14.7 Å². The van der Waals surface area contributed by atoms with Gasteiger partial charge < -0.3 is 0 Å². The van der Waals surface area contributed by atoms with Gasteiger partial charge in [0.25, 0.3) is 0 Å². The van der Waals surface area contributed by atoms with Crippen molar-refractivity contribution >= 4 is 21.4 Å². The van der Waals surface area contributed by atoms with E-state index < -0.39 is 11.9 Å². The molecule has 25 heavy (non-hydrogen) atoms. The molecule has 7 heteroatoms. The van der Waals surface area contributed by atoms with Crippen molar-refractivity contribution in [3.8, 4) is 5.00 Å². The van der Waals surface area contributed by atoms with Gasteiger partial charge in [0.05, 0.1) is 5.69 Å². The second kappa shape index (κ2) is 5.85. The summed E-state index contributed by atoms with van der Waals surface area (Å²) >= 11 is 1.47. The molecule has 3 nitrogen and oxygen atoms in total. The second-order valence-corrected chi connectivity index (χ2v) is 7.68. The predicted molar refractivity (Wildman–Crippen MR) is 93.2 cm³/mol. The fourth-order valence-corrected chi connectivity index (χ4v) is 4.40. The van der Waals surface area contributed by atoms with Gasteiger partial charge in [-0.2, -0.15) is 18.3 Å². The number of hydrogen-bond acceptors (Lipinski definition) is 3. The van der Waals surface area contributed by atoms with Gasteiger partial charge in [-0.1, -0.05) is 18.2 Å². The first-order chi connectivity index (χ1) is 11.8. The smallest absolute Gasteiger partial charge is 0.295 e. The van der Waals surface area contributed by atoms with Crippen LogP contribution >= 0.6 is 11.3 Å². The Labute approximate surface area is 147 Å². The van der Waals surface area contributed by atoms with Gasteiger partial charge in [0.15, 0.2) is 5.69 Å². The van der Waals surface area contributed by atoms with Crippen LogP contribution < -0.4 is 0 Å². The number of fused-ring (bicyclic) bond motifs is 2. The maximum Gasteiger partial charge on any atom is 0.435 e. The van der Waals surface area contributed by atoms with E-state index in [9.17, 15) is 13.2 Å². The number of aromatic nitrogens is 2. The molecule has 0 radical (unpaired) electrons. The highest BCUT2D eigenvalue weighted by Gasteiger charge is 2.41. The molecule has 0 atom stereocenters. The number of alkyl halides is 3. The average molecular weight is 365 g/mol. The Morgan fingerprint density at radius 2 is 1.96 bits per heavy atom. The van der Waals surface area contributed by atoms with Crippen molar-refractivity contribution < 1.29 is 13.2 Å². The second-order valence-electron chi connectivity index (χ2n) is 6.62. The fourth-order valence-electron chi connectivity index (χ4n) is 3.36. The summed E-state index contributed by atoms with van der Waals surface area (Å²) in [6.45, 7) is 5.25. The first-order valence-corrected chi connectivity index (χ1v) is 9.07. The van der Waals surface area contributed by atoms with E-state index in [4.69, 9.17) is 0 Å². The molecular weight excluding hydrogens is 347 g/mol. The topological polar surface area (TPSA) is 21.1 Å². The highest BCUT2D eigenvalue weighted by molar-refractivity contribution is 7.21. The SMILES string of the molecule is CC(C)N1CCc2c(C(F)(F)F)nn(-c3cc4ccccc4s3)c2C1. The Hall–Kier alpha value is -1.86. The Morgan fingerprint density at radius 1 is 1.20 bits per heavy atom. The van der Waals surface area contributed by atoms with E-state index >= 15 is 0 Å². The third-order valence-electron chi connectivity index (χ3n) is 4.71. The summed E-state index contributed by atoms with van der Waals surface area (Å²) < 4.78 is 43.0. The van der Waals surface area contributed by atoms with Crippen LogP contribution in [0.1, 0.15) is 30.8 Å². The predicted octanol–water partition coefficient (Wildman–Crippen LogP) is 4.87. The molecule has 0 unspecified atom stereocenters. The monoisotopic (exact) mass is 365 g/mol. The number of benzene rings is 1. The summed E-state index contributed by atoms with van der Waals surface area (Å²) in [7, 11) is 0. The summed E-state index contributed by atoms with van der Waals surface area (Å²) in [6.07, 6.45) is -4.04. The molecule has 0 fully saturated rings. The van der Waals surface area contributed by atoms with Gasteiger partial charge in [-0.05, 0) is 37.8 Å². The molecule has 1 aromatic carbocycles. The first kappa shape index (κ1) is 16.6. The van der Waals surface area contributed by atoms with Crippen molar-refractivity contribution in [2.75, 3.05) is 6.54 Å². The van der Waals surface area contributed by atoms with Gasteiger partial charge in [-0.25, -0.2) is 4.68 Å². The van der Waals surface area contributed by atoms with Crippen molar-refractivity contribution in [3.05, 3.63) is 47.3 Å². The van der Waals surface area contributed by atoms with Gasteiger partial charge in [-0.15, -0.1) is 11.3 Å². The van der Waals surface area contributed by atoms with Crippen LogP contribution in [0.5, 0.6) is 0 Å². The normalized spacial score (nSPS) is 15.9. The lowest BCUT2D eigenvalue weighted by atomic mass is 10.0.